The number of methoxy groups -OCH3 is 1. The molecule has 136 valence electrons. The summed E-state index contributed by atoms with van der Waals surface area (Å²) in [5.41, 5.74) is 3.91. The van der Waals surface area contributed by atoms with Crippen LogP contribution in [0, 0.1) is 0 Å². The summed E-state index contributed by atoms with van der Waals surface area (Å²) < 4.78 is 7.26. The smallest absolute Gasteiger partial charge is 0.225 e. The number of nitrogens with zero attached hydrogens (tertiary/aromatic N) is 4. The van der Waals surface area contributed by atoms with Gasteiger partial charge in [0.2, 0.25) is 5.95 Å². The number of aromatic nitrogens is 4. The van der Waals surface area contributed by atoms with Crippen molar-refractivity contribution in [1.82, 2.24) is 19.5 Å². The van der Waals surface area contributed by atoms with Crippen LogP contribution in [0.1, 0.15) is 24.2 Å². The van der Waals surface area contributed by atoms with Crippen LogP contribution in [0.15, 0.2) is 67.0 Å². The number of imidazole rings is 1. The number of benzene rings is 2. The molecule has 0 aliphatic carbocycles. The van der Waals surface area contributed by atoms with Gasteiger partial charge in [0.1, 0.15) is 12.1 Å². The summed E-state index contributed by atoms with van der Waals surface area (Å²) in [6, 6.07) is 20.2. The first kappa shape index (κ1) is 17.2. The van der Waals surface area contributed by atoms with Crippen molar-refractivity contribution in [2.45, 2.75) is 19.6 Å². The molecule has 0 amide bonds. The molecule has 27 heavy (non-hydrogen) atoms. The molecule has 1 N–H and O–H groups in total. The number of anilines is 1. The van der Waals surface area contributed by atoms with Crippen LogP contribution in [-0.2, 0) is 11.3 Å². The maximum atomic E-state index is 5.29. The lowest BCUT2D eigenvalue weighted by atomic mass is 10.1. The fourth-order valence-corrected chi connectivity index (χ4v) is 3.05. The number of rotatable bonds is 6. The Balaban J connectivity index is 1.72. The topological polar surface area (TPSA) is 64.9 Å². The van der Waals surface area contributed by atoms with Gasteiger partial charge in [0.25, 0.3) is 0 Å². The Kier molecular flexibility index (Phi) is 4.80. The lowest BCUT2D eigenvalue weighted by molar-refractivity contribution is 0.181. The van der Waals surface area contributed by atoms with Crippen LogP contribution in [0.3, 0.4) is 0 Å². The van der Waals surface area contributed by atoms with E-state index in [1.165, 1.54) is 5.56 Å². The SMILES string of the molecule is COCc1cc(-n2cnc3ccccc32)nc(NC(C)c2ccccc2)n1. The standard InChI is InChI=1S/C21H21N5O/c1-15(16-8-4-3-5-9-16)23-21-24-17(13-27-2)12-20(25-21)26-14-22-18-10-6-7-11-19(18)26/h3-12,14-15H,13H2,1-2H3,(H,23,24,25). The highest BCUT2D eigenvalue weighted by atomic mass is 16.5. The van der Waals surface area contributed by atoms with Gasteiger partial charge in [-0.2, -0.15) is 4.98 Å². The second-order valence-electron chi connectivity index (χ2n) is 6.35. The Labute approximate surface area is 157 Å². The third-order valence-electron chi connectivity index (χ3n) is 4.40. The molecule has 2 aromatic carbocycles. The van der Waals surface area contributed by atoms with Crippen molar-refractivity contribution in [3.63, 3.8) is 0 Å². The summed E-state index contributed by atoms with van der Waals surface area (Å²) in [5.74, 6) is 1.32. The molecular weight excluding hydrogens is 338 g/mol. The molecule has 4 aromatic rings. The minimum atomic E-state index is 0.0800. The molecule has 2 aromatic heterocycles. The molecule has 6 heteroatoms. The first-order valence-corrected chi connectivity index (χ1v) is 8.85. The second-order valence-corrected chi connectivity index (χ2v) is 6.35. The first-order chi connectivity index (χ1) is 13.2. The first-order valence-electron chi connectivity index (χ1n) is 8.85. The summed E-state index contributed by atoms with van der Waals surface area (Å²) in [4.78, 5) is 13.8. The van der Waals surface area contributed by atoms with Crippen LogP contribution in [0.2, 0.25) is 0 Å². The van der Waals surface area contributed by atoms with Crippen molar-refractivity contribution >= 4 is 17.0 Å². The average Bonchev–Trinajstić information content (AvgIpc) is 3.13. The summed E-state index contributed by atoms with van der Waals surface area (Å²) in [6.45, 7) is 2.50. The number of fused-ring (bicyclic) bond motifs is 1. The number of nitrogens with one attached hydrogen (secondary N) is 1. The maximum Gasteiger partial charge on any atom is 0.225 e. The zero-order valence-corrected chi connectivity index (χ0v) is 15.3. The summed E-state index contributed by atoms with van der Waals surface area (Å²) in [7, 11) is 1.66. The molecule has 0 fully saturated rings. The van der Waals surface area contributed by atoms with E-state index in [9.17, 15) is 0 Å². The molecule has 0 saturated carbocycles. The minimum absolute atomic E-state index is 0.0800. The minimum Gasteiger partial charge on any atom is -0.378 e. The summed E-state index contributed by atoms with van der Waals surface area (Å²) >= 11 is 0. The molecule has 0 bridgehead atoms. The number of para-hydroxylation sites is 2. The lowest BCUT2D eigenvalue weighted by Gasteiger charge is -2.16. The van der Waals surface area contributed by atoms with E-state index >= 15 is 0 Å². The fourth-order valence-electron chi connectivity index (χ4n) is 3.05. The second kappa shape index (κ2) is 7.55. The van der Waals surface area contributed by atoms with Gasteiger partial charge in [-0.25, -0.2) is 9.97 Å². The Morgan fingerprint density at radius 2 is 1.81 bits per heavy atom. The molecule has 0 radical (unpaired) electrons. The van der Waals surface area contributed by atoms with E-state index in [-0.39, 0.29) is 6.04 Å². The largest absolute Gasteiger partial charge is 0.378 e. The highest BCUT2D eigenvalue weighted by Gasteiger charge is 2.12. The molecule has 0 spiro atoms. The monoisotopic (exact) mass is 359 g/mol. The average molecular weight is 359 g/mol. The molecular formula is C21H21N5O. The van der Waals surface area contributed by atoms with Gasteiger partial charge < -0.3 is 10.1 Å². The predicted molar refractivity (Wildman–Crippen MR) is 106 cm³/mol. The van der Waals surface area contributed by atoms with Crippen LogP contribution in [0.25, 0.3) is 16.9 Å². The molecule has 0 saturated heterocycles. The highest BCUT2D eigenvalue weighted by Crippen LogP contribution is 2.21. The van der Waals surface area contributed by atoms with Crippen LogP contribution in [0.4, 0.5) is 5.95 Å². The van der Waals surface area contributed by atoms with E-state index in [2.05, 4.69) is 34.3 Å². The van der Waals surface area contributed by atoms with Crippen LogP contribution < -0.4 is 5.32 Å². The van der Waals surface area contributed by atoms with Gasteiger partial charge in [-0.1, -0.05) is 42.5 Å². The van der Waals surface area contributed by atoms with Crippen LogP contribution in [0.5, 0.6) is 0 Å². The molecule has 4 rings (SSSR count). The van der Waals surface area contributed by atoms with Crippen molar-refractivity contribution < 1.29 is 4.74 Å². The Morgan fingerprint density at radius 1 is 1.04 bits per heavy atom. The van der Waals surface area contributed by atoms with E-state index in [1.807, 2.05) is 53.1 Å². The number of hydrogen-bond acceptors (Lipinski definition) is 5. The van der Waals surface area contributed by atoms with Gasteiger partial charge in [0, 0.05) is 13.2 Å². The van der Waals surface area contributed by atoms with Crippen molar-refractivity contribution in [2.24, 2.45) is 0 Å². The van der Waals surface area contributed by atoms with E-state index < -0.39 is 0 Å². The Morgan fingerprint density at radius 3 is 2.63 bits per heavy atom. The number of ether oxygens (including phenoxy) is 1. The molecule has 0 aliphatic heterocycles. The zero-order valence-electron chi connectivity index (χ0n) is 15.3. The Hall–Kier alpha value is -3.25. The lowest BCUT2D eigenvalue weighted by Crippen LogP contribution is -2.12. The molecule has 6 nitrogen and oxygen atoms in total. The van der Waals surface area contributed by atoms with Crippen LogP contribution >= 0.6 is 0 Å². The van der Waals surface area contributed by atoms with Crippen molar-refractivity contribution in [3.8, 4) is 5.82 Å². The maximum absolute atomic E-state index is 5.29. The normalized spacial score (nSPS) is 12.2. The quantitative estimate of drug-likeness (QED) is 0.561. The van der Waals surface area contributed by atoms with Gasteiger partial charge in [0.15, 0.2) is 0 Å². The van der Waals surface area contributed by atoms with Crippen molar-refractivity contribution in [2.75, 3.05) is 12.4 Å². The molecule has 1 atom stereocenters. The van der Waals surface area contributed by atoms with E-state index in [0.717, 1.165) is 22.5 Å². The van der Waals surface area contributed by atoms with Gasteiger partial charge >= 0.3 is 0 Å². The molecule has 0 aliphatic rings. The third kappa shape index (κ3) is 3.66. The summed E-state index contributed by atoms with van der Waals surface area (Å²) in [5, 5.41) is 3.40. The van der Waals surface area contributed by atoms with Gasteiger partial charge in [-0.05, 0) is 24.6 Å². The van der Waals surface area contributed by atoms with Crippen molar-refractivity contribution in [3.05, 3.63) is 78.2 Å². The fraction of sp³-hybridized carbons (Fsp3) is 0.190. The third-order valence-corrected chi connectivity index (χ3v) is 4.40. The van der Waals surface area contributed by atoms with Gasteiger partial charge in [-0.3, -0.25) is 4.57 Å². The summed E-state index contributed by atoms with van der Waals surface area (Å²) in [6.07, 6.45) is 1.79. The van der Waals surface area contributed by atoms with Crippen molar-refractivity contribution in [1.29, 1.82) is 0 Å². The van der Waals surface area contributed by atoms with E-state index in [1.54, 1.807) is 13.4 Å². The molecule has 2 heterocycles. The van der Waals surface area contributed by atoms with Gasteiger partial charge in [-0.15, -0.1) is 0 Å². The van der Waals surface area contributed by atoms with E-state index in [4.69, 9.17) is 9.72 Å². The predicted octanol–water partition coefficient (Wildman–Crippen LogP) is 4.14. The highest BCUT2D eigenvalue weighted by molar-refractivity contribution is 5.76. The van der Waals surface area contributed by atoms with Crippen LogP contribution in [-0.4, -0.2) is 26.6 Å². The van der Waals surface area contributed by atoms with E-state index in [0.29, 0.717) is 12.6 Å². The van der Waals surface area contributed by atoms with Gasteiger partial charge in [0.05, 0.1) is 29.4 Å². The Bertz CT molecular complexity index is 1040. The molecule has 1 unspecified atom stereocenters. The zero-order chi connectivity index (χ0) is 18.6. The number of hydrogen-bond donors (Lipinski definition) is 1.